The van der Waals surface area contributed by atoms with E-state index in [2.05, 4.69) is 365 Å². The predicted molar refractivity (Wildman–Crippen MR) is 513 cm³/mol. The molecule has 8 heteroatoms. The molecule has 0 radical (unpaired) electrons. The van der Waals surface area contributed by atoms with Crippen molar-refractivity contribution in [2.45, 2.75) is 94.4 Å². The quantitative estimate of drug-likeness (QED) is 0.0487. The Morgan fingerprint density at radius 3 is 0.967 bits per heavy atom. The van der Waals surface area contributed by atoms with Crippen LogP contribution in [0.15, 0.2) is 359 Å². The molecule has 1 atom stereocenters. The van der Waals surface area contributed by atoms with Crippen LogP contribution in [0.2, 0.25) is 0 Å². The Labute approximate surface area is 709 Å². The van der Waals surface area contributed by atoms with E-state index in [0.717, 1.165) is 116 Å². The molecule has 2 aromatic heterocycles. The van der Waals surface area contributed by atoms with Gasteiger partial charge < -0.3 is 18.6 Å². The Balaban J connectivity index is 0.767. The van der Waals surface area contributed by atoms with Crippen LogP contribution in [-0.4, -0.2) is 16.1 Å². The summed E-state index contributed by atoms with van der Waals surface area (Å²) in [5.74, 6) is -0.446. The van der Waals surface area contributed by atoms with Crippen LogP contribution in [0.1, 0.15) is 98.7 Å². The van der Waals surface area contributed by atoms with E-state index in [1.807, 2.05) is 48.5 Å². The molecule has 1 unspecified atom stereocenters. The van der Waals surface area contributed by atoms with Gasteiger partial charge in [-0.2, -0.15) is 0 Å². The molecule has 0 N–H and O–H groups in total. The maximum atomic E-state index is 19.0. The van der Waals surface area contributed by atoms with Crippen LogP contribution < -0.4 is 46.1 Å². The van der Waals surface area contributed by atoms with E-state index in [-0.39, 0.29) is 17.7 Å². The van der Waals surface area contributed by atoms with Gasteiger partial charge in [-0.1, -0.05) is 352 Å². The first-order chi connectivity index (χ1) is 58.8. The van der Waals surface area contributed by atoms with Crippen LogP contribution in [0.3, 0.4) is 0 Å². The van der Waals surface area contributed by atoms with Crippen LogP contribution in [0.4, 0.5) is 42.9 Å². The summed E-state index contributed by atoms with van der Waals surface area (Å²) >= 11 is 0. The third-order valence-corrected chi connectivity index (χ3v) is 36.1. The lowest BCUT2D eigenvalue weighted by Gasteiger charge is -2.40. The molecular weight excluding hydrogens is 1510 g/mol. The number of fused-ring (bicyclic) bond motifs is 6. The summed E-state index contributed by atoms with van der Waals surface area (Å²) in [6.07, 6.45) is 5.76. The minimum Gasteiger partial charge on any atom is -0.454 e. The molecule has 1 aliphatic carbocycles. The first-order valence-electron chi connectivity index (χ1n) is 42.6. The average molecular weight is 1610 g/mol. The van der Waals surface area contributed by atoms with E-state index >= 15 is 8.78 Å². The monoisotopic (exact) mass is 1600 g/mol. The molecule has 4 nitrogen and oxygen atoms in total. The van der Waals surface area contributed by atoms with Crippen molar-refractivity contribution < 1.29 is 17.6 Å². The summed E-state index contributed by atoms with van der Waals surface area (Å²) in [4.78, 5) is 4.22. The van der Waals surface area contributed by atoms with E-state index < -0.39 is 22.0 Å². The number of para-hydroxylation sites is 4. The molecular formula is C113H94F2N2O2Si2. The minimum atomic E-state index is -2.92. The zero-order valence-corrected chi connectivity index (χ0v) is 72.2. The highest BCUT2D eigenvalue weighted by molar-refractivity contribution is 7.20. The van der Waals surface area contributed by atoms with Crippen molar-refractivity contribution in [2.75, 3.05) is 9.80 Å². The van der Waals surface area contributed by atoms with Gasteiger partial charge in [0.1, 0.15) is 22.8 Å². The highest BCUT2D eigenvalue weighted by Crippen LogP contribution is 2.54. The fourth-order valence-corrected chi connectivity index (χ4v) is 29.9. The van der Waals surface area contributed by atoms with Crippen LogP contribution in [0.5, 0.6) is 0 Å². The molecule has 121 heavy (non-hydrogen) atoms. The highest BCUT2D eigenvalue weighted by atomic mass is 28.3. The van der Waals surface area contributed by atoms with Crippen LogP contribution in [0, 0.1) is 52.2 Å². The Kier molecular flexibility index (Phi) is 19.1. The van der Waals surface area contributed by atoms with Crippen molar-refractivity contribution in [2.24, 2.45) is 5.92 Å². The van der Waals surface area contributed by atoms with Gasteiger partial charge in [-0.25, -0.2) is 8.78 Å². The topological polar surface area (TPSA) is 32.8 Å². The zero-order valence-electron chi connectivity index (χ0n) is 70.2. The van der Waals surface area contributed by atoms with Crippen molar-refractivity contribution >= 4 is 163 Å². The Hall–Kier alpha value is -13.2. The number of benzene rings is 17. The molecule has 0 saturated heterocycles. The molecule has 2 heterocycles. The predicted octanol–water partition coefficient (Wildman–Crippen LogP) is 27.0. The molecule has 590 valence electrons. The number of hydrogen-bond acceptors (Lipinski definition) is 4. The molecule has 17 aromatic carbocycles. The Morgan fingerprint density at radius 2 is 0.620 bits per heavy atom. The second-order valence-electron chi connectivity index (χ2n) is 34.6. The smallest absolute Gasteiger partial charge is 0.179 e. The van der Waals surface area contributed by atoms with Gasteiger partial charge in [0.15, 0.2) is 27.3 Å². The number of furan rings is 2. The normalized spacial score (nSPS) is 13.5. The van der Waals surface area contributed by atoms with Crippen LogP contribution in [0.25, 0.3) is 98.4 Å². The lowest BCUT2D eigenvalue weighted by atomic mass is 9.84. The number of anilines is 6. The van der Waals surface area contributed by atoms with Gasteiger partial charge >= 0.3 is 0 Å². The van der Waals surface area contributed by atoms with Crippen LogP contribution >= 0.6 is 0 Å². The fraction of sp³-hybridized carbons (Fsp3) is 0.133. The zero-order chi connectivity index (χ0) is 82.9. The number of halogens is 2. The fourth-order valence-electron chi connectivity index (χ4n) is 20.1. The summed E-state index contributed by atoms with van der Waals surface area (Å²) in [7, 11) is -5.82. The Bertz CT molecular complexity index is 7160. The van der Waals surface area contributed by atoms with Gasteiger partial charge in [0.05, 0.1) is 34.1 Å². The maximum absolute atomic E-state index is 19.0. The van der Waals surface area contributed by atoms with Crippen molar-refractivity contribution in [3.8, 4) is 22.3 Å². The standard InChI is InChI=1S/C113H94F2N2O2Si2/c1-69(2)97-67-105(116(103-22-16-20-93-89-18-12-14-24-107(89)118-112(93)103)101-61-41-80(65-99(101)114)78-37-53-85(54-38-78)120(82-43-26-71(5)27-44-82,83-45-28-72(6)29-46-83)84-47-30-73(7)31-48-84)95-59-57-92-98(70(3)4)68-106(96-60-58-91(97)110(95)111(92)96)117(104-23-17-21-94-90-19-13-15-25-108(90)119-113(94)104)102-62-42-81(66-100(102)115)79-39-55-88(56-40-79)121(86-49-32-74(8)33-50-86,87-51-34-75(9)35-52-87)109-63-36-76(10)64-77(109)11/h12-63,65-70,77H,64H2,1-11H3. The van der Waals surface area contributed by atoms with E-state index in [1.54, 1.807) is 12.1 Å². The molecule has 0 spiro atoms. The molecule has 0 bridgehead atoms. The lowest BCUT2D eigenvalue weighted by Crippen LogP contribution is -2.74. The molecule has 1 aliphatic rings. The van der Waals surface area contributed by atoms with Gasteiger partial charge in [-0.05, 0) is 218 Å². The van der Waals surface area contributed by atoms with E-state index in [1.165, 1.54) is 74.9 Å². The van der Waals surface area contributed by atoms with E-state index in [9.17, 15) is 0 Å². The summed E-state index contributed by atoms with van der Waals surface area (Å²) in [5, 5.41) is 20.4. The first kappa shape index (κ1) is 76.4. The number of nitrogens with zero attached hydrogens (tertiary/aromatic N) is 2. The second kappa shape index (κ2) is 30.2. The summed E-state index contributed by atoms with van der Waals surface area (Å²) < 4.78 is 52.0. The molecule has 19 aromatic rings. The molecule has 0 aliphatic heterocycles. The minimum absolute atomic E-state index is 0.00736. The van der Waals surface area contributed by atoms with Crippen molar-refractivity contribution in [3.05, 3.63) is 401 Å². The van der Waals surface area contributed by atoms with Crippen molar-refractivity contribution in [1.82, 2.24) is 0 Å². The van der Waals surface area contributed by atoms with Gasteiger partial charge in [0.2, 0.25) is 0 Å². The van der Waals surface area contributed by atoms with Gasteiger partial charge in [0, 0.05) is 32.3 Å². The molecule has 0 fully saturated rings. The van der Waals surface area contributed by atoms with Gasteiger partial charge in [-0.15, -0.1) is 0 Å². The lowest BCUT2D eigenvalue weighted by molar-refractivity contribution is 0.628. The number of allylic oxidation sites excluding steroid dienone is 4. The summed E-state index contributed by atoms with van der Waals surface area (Å²) in [6.45, 7) is 24.4. The third kappa shape index (κ3) is 12.7. The van der Waals surface area contributed by atoms with E-state index in [0.29, 0.717) is 39.8 Å². The largest absolute Gasteiger partial charge is 0.454 e. The maximum Gasteiger partial charge on any atom is 0.179 e. The SMILES string of the molecule is CC1=CC=C([Si](c2ccc(C)cc2)(c2ccc(C)cc2)c2ccc(-c3ccc(N(c4cc(C(C)C)c5ccc6c(N(c7ccc(-c8ccc([Si](c9ccc(C)cc9)(c9ccc(C)cc9)c9ccc(C)cc9)cc8)cc7F)c7cccc8c7oc7ccccc78)cc(C(C)C)c7ccc4c5c76)c4cccc5c4oc4ccccc45)c(F)c3)cc2)C(C)C1. The summed E-state index contributed by atoms with van der Waals surface area (Å²) in [5.41, 5.74) is 19.5. The van der Waals surface area contributed by atoms with Gasteiger partial charge in [-0.3, -0.25) is 0 Å². The van der Waals surface area contributed by atoms with Crippen LogP contribution in [-0.2, 0) is 0 Å². The van der Waals surface area contributed by atoms with Crippen molar-refractivity contribution in [1.29, 1.82) is 0 Å². The number of aryl methyl sites for hydroxylation is 5. The second-order valence-corrected chi connectivity index (χ2v) is 42.2. The first-order valence-corrected chi connectivity index (χ1v) is 46.6. The average Bonchev–Trinajstić information content (AvgIpc) is 1.20. The summed E-state index contributed by atoms with van der Waals surface area (Å²) in [6, 6.07) is 118. The highest BCUT2D eigenvalue weighted by Gasteiger charge is 2.46. The van der Waals surface area contributed by atoms with Crippen molar-refractivity contribution in [3.63, 3.8) is 0 Å². The molecule has 0 amide bonds. The molecule has 20 rings (SSSR count). The van der Waals surface area contributed by atoms with Gasteiger partial charge in [0.25, 0.3) is 0 Å². The molecule has 0 saturated carbocycles. The Morgan fingerprint density at radius 1 is 0.298 bits per heavy atom. The van der Waals surface area contributed by atoms with E-state index in [4.69, 9.17) is 8.83 Å². The number of rotatable bonds is 18. The number of hydrogen-bond donors (Lipinski definition) is 0. The third-order valence-electron chi connectivity index (χ3n) is 26.1.